The summed E-state index contributed by atoms with van der Waals surface area (Å²) in [6.07, 6.45) is 0. The molecule has 0 unspecified atom stereocenters. The maximum Gasteiger partial charge on any atom is 0.287 e. The van der Waals surface area contributed by atoms with Gasteiger partial charge >= 0.3 is 0 Å². The molecule has 3 rings (SSSR count). The minimum Gasteiger partial charge on any atom is -0.497 e. The Bertz CT molecular complexity index is 914. The molecule has 0 aliphatic carbocycles. The van der Waals surface area contributed by atoms with Crippen molar-refractivity contribution in [2.24, 2.45) is 0 Å². The van der Waals surface area contributed by atoms with Crippen LogP contribution in [0.4, 0.5) is 4.39 Å². The van der Waals surface area contributed by atoms with E-state index < -0.39 is 0 Å². The molecular weight excluding hydrogens is 309 g/mol. The molecule has 1 aromatic heterocycles. The summed E-state index contributed by atoms with van der Waals surface area (Å²) in [5.41, 5.74) is 2.64. The molecule has 0 aliphatic rings. The van der Waals surface area contributed by atoms with Gasteiger partial charge in [0.15, 0.2) is 5.76 Å². The van der Waals surface area contributed by atoms with Crippen LogP contribution in [0.25, 0.3) is 11.0 Å². The molecule has 0 atom stereocenters. The van der Waals surface area contributed by atoms with Gasteiger partial charge in [0, 0.05) is 17.5 Å². The molecule has 5 heteroatoms. The Morgan fingerprint density at radius 1 is 1.21 bits per heavy atom. The zero-order valence-corrected chi connectivity index (χ0v) is 13.8. The molecule has 2 aromatic carbocycles. The first kappa shape index (κ1) is 16.1. The van der Waals surface area contributed by atoms with E-state index >= 15 is 0 Å². The van der Waals surface area contributed by atoms with Gasteiger partial charge in [0.1, 0.15) is 17.1 Å². The number of furan rings is 1. The van der Waals surface area contributed by atoms with E-state index in [1.165, 1.54) is 6.07 Å². The van der Waals surface area contributed by atoms with E-state index in [1.807, 2.05) is 13.0 Å². The molecule has 1 N–H and O–H groups in total. The van der Waals surface area contributed by atoms with E-state index in [9.17, 15) is 9.18 Å². The van der Waals surface area contributed by atoms with Crippen molar-refractivity contribution in [3.05, 3.63) is 64.7 Å². The van der Waals surface area contributed by atoms with Crippen molar-refractivity contribution in [1.82, 2.24) is 5.32 Å². The monoisotopic (exact) mass is 327 g/mol. The minimum absolute atomic E-state index is 0.232. The van der Waals surface area contributed by atoms with Gasteiger partial charge in [0.05, 0.1) is 7.11 Å². The molecule has 0 bridgehead atoms. The van der Waals surface area contributed by atoms with Crippen molar-refractivity contribution in [3.8, 4) is 5.75 Å². The van der Waals surface area contributed by atoms with Crippen LogP contribution >= 0.6 is 0 Å². The molecule has 0 fully saturated rings. The van der Waals surface area contributed by atoms with Crippen molar-refractivity contribution < 1.29 is 18.3 Å². The summed E-state index contributed by atoms with van der Waals surface area (Å²) < 4.78 is 24.4. The lowest BCUT2D eigenvalue weighted by Gasteiger charge is -2.05. The minimum atomic E-state index is -0.330. The topological polar surface area (TPSA) is 51.5 Å². The Morgan fingerprint density at radius 3 is 2.71 bits per heavy atom. The van der Waals surface area contributed by atoms with Gasteiger partial charge in [-0.1, -0.05) is 12.1 Å². The van der Waals surface area contributed by atoms with Crippen LogP contribution in [0.15, 0.2) is 40.8 Å². The third-order valence-electron chi connectivity index (χ3n) is 4.04. The number of ether oxygens (including phenoxy) is 1. The molecular formula is C19H18FNO3. The highest BCUT2D eigenvalue weighted by Crippen LogP contribution is 2.28. The standard InChI is InChI=1S/C19H18FNO3/c1-11-4-5-13(8-16(11)20)10-21-19(22)18-12(2)15-9-14(23-3)6-7-17(15)24-18/h4-9H,10H2,1-3H3,(H,21,22). The first-order valence-electron chi connectivity index (χ1n) is 7.60. The number of nitrogens with one attached hydrogen (secondary N) is 1. The van der Waals surface area contributed by atoms with Crippen LogP contribution in [0.1, 0.15) is 27.2 Å². The van der Waals surface area contributed by atoms with Crippen LogP contribution < -0.4 is 10.1 Å². The van der Waals surface area contributed by atoms with Crippen molar-refractivity contribution in [1.29, 1.82) is 0 Å². The molecule has 4 nitrogen and oxygen atoms in total. The van der Waals surface area contributed by atoms with Crippen LogP contribution in [0, 0.1) is 19.7 Å². The van der Waals surface area contributed by atoms with Gasteiger partial charge < -0.3 is 14.5 Å². The fourth-order valence-corrected chi connectivity index (χ4v) is 2.55. The Hall–Kier alpha value is -2.82. The summed E-state index contributed by atoms with van der Waals surface area (Å²) in [6, 6.07) is 10.3. The molecule has 1 amide bonds. The molecule has 0 saturated carbocycles. The molecule has 124 valence electrons. The lowest BCUT2D eigenvalue weighted by atomic mass is 10.1. The molecule has 0 aliphatic heterocycles. The number of hydrogen-bond acceptors (Lipinski definition) is 3. The summed E-state index contributed by atoms with van der Waals surface area (Å²) in [6.45, 7) is 3.76. The van der Waals surface area contributed by atoms with Crippen molar-refractivity contribution in [2.75, 3.05) is 7.11 Å². The van der Waals surface area contributed by atoms with Crippen LogP contribution in [-0.2, 0) is 6.54 Å². The van der Waals surface area contributed by atoms with Crippen LogP contribution in [0.2, 0.25) is 0 Å². The highest BCUT2D eigenvalue weighted by Gasteiger charge is 2.18. The Labute approximate surface area is 139 Å². The van der Waals surface area contributed by atoms with E-state index in [2.05, 4.69) is 5.32 Å². The normalized spacial score (nSPS) is 10.8. The number of aryl methyl sites for hydroxylation is 2. The Morgan fingerprint density at radius 2 is 2.00 bits per heavy atom. The van der Waals surface area contributed by atoms with Crippen molar-refractivity contribution in [2.45, 2.75) is 20.4 Å². The fraction of sp³-hybridized carbons (Fsp3) is 0.211. The Kier molecular flexibility index (Phi) is 4.25. The van der Waals surface area contributed by atoms with E-state index in [1.54, 1.807) is 38.3 Å². The first-order chi connectivity index (χ1) is 11.5. The smallest absolute Gasteiger partial charge is 0.287 e. The second-order valence-corrected chi connectivity index (χ2v) is 5.68. The number of fused-ring (bicyclic) bond motifs is 1. The van der Waals surface area contributed by atoms with Crippen molar-refractivity contribution >= 4 is 16.9 Å². The zero-order valence-electron chi connectivity index (χ0n) is 13.8. The lowest BCUT2D eigenvalue weighted by Crippen LogP contribution is -2.23. The number of benzene rings is 2. The summed E-state index contributed by atoms with van der Waals surface area (Å²) in [7, 11) is 1.59. The molecule has 0 saturated heterocycles. The number of amides is 1. The summed E-state index contributed by atoms with van der Waals surface area (Å²) in [4.78, 5) is 12.4. The number of carbonyl (C=O) groups excluding carboxylic acids is 1. The second-order valence-electron chi connectivity index (χ2n) is 5.68. The number of halogens is 1. The lowest BCUT2D eigenvalue weighted by molar-refractivity contribution is 0.0924. The maximum absolute atomic E-state index is 13.6. The highest BCUT2D eigenvalue weighted by molar-refractivity contribution is 5.99. The van der Waals surface area contributed by atoms with Gasteiger partial charge in [-0.05, 0) is 49.2 Å². The van der Waals surface area contributed by atoms with E-state index in [0.717, 1.165) is 10.9 Å². The molecule has 1 heterocycles. The number of carbonyl (C=O) groups is 1. The predicted octanol–water partition coefficient (Wildman–Crippen LogP) is 4.13. The number of methoxy groups -OCH3 is 1. The molecule has 0 spiro atoms. The van der Waals surface area contributed by atoms with Gasteiger partial charge in [0.2, 0.25) is 0 Å². The summed E-state index contributed by atoms with van der Waals surface area (Å²) in [5, 5.41) is 3.60. The average Bonchev–Trinajstić information content (AvgIpc) is 2.92. The van der Waals surface area contributed by atoms with Gasteiger partial charge in [0.25, 0.3) is 5.91 Å². The van der Waals surface area contributed by atoms with Crippen LogP contribution in [0.5, 0.6) is 5.75 Å². The maximum atomic E-state index is 13.6. The van der Waals surface area contributed by atoms with E-state index in [4.69, 9.17) is 9.15 Å². The predicted molar refractivity (Wildman–Crippen MR) is 89.8 cm³/mol. The first-order valence-corrected chi connectivity index (χ1v) is 7.60. The quantitative estimate of drug-likeness (QED) is 0.784. The third-order valence-corrected chi connectivity index (χ3v) is 4.04. The largest absolute Gasteiger partial charge is 0.497 e. The van der Waals surface area contributed by atoms with Gasteiger partial charge in [-0.25, -0.2) is 4.39 Å². The SMILES string of the molecule is COc1ccc2oc(C(=O)NCc3ccc(C)c(F)c3)c(C)c2c1. The summed E-state index contributed by atoms with van der Waals surface area (Å²) in [5.74, 6) is 0.344. The van der Waals surface area contributed by atoms with Gasteiger partial charge in [-0.3, -0.25) is 4.79 Å². The third kappa shape index (κ3) is 2.97. The molecule has 24 heavy (non-hydrogen) atoms. The van der Waals surface area contributed by atoms with E-state index in [-0.39, 0.29) is 24.0 Å². The second kappa shape index (κ2) is 6.35. The molecule has 0 radical (unpaired) electrons. The number of rotatable bonds is 4. The van der Waals surface area contributed by atoms with E-state index in [0.29, 0.717) is 22.5 Å². The van der Waals surface area contributed by atoms with Gasteiger partial charge in [-0.15, -0.1) is 0 Å². The Balaban J connectivity index is 1.80. The number of hydrogen-bond donors (Lipinski definition) is 1. The summed E-state index contributed by atoms with van der Waals surface area (Å²) >= 11 is 0. The molecule has 3 aromatic rings. The van der Waals surface area contributed by atoms with Gasteiger partial charge in [-0.2, -0.15) is 0 Å². The highest BCUT2D eigenvalue weighted by atomic mass is 19.1. The fourth-order valence-electron chi connectivity index (χ4n) is 2.55. The average molecular weight is 327 g/mol. The van der Waals surface area contributed by atoms with Crippen LogP contribution in [-0.4, -0.2) is 13.0 Å². The van der Waals surface area contributed by atoms with Crippen LogP contribution in [0.3, 0.4) is 0 Å². The van der Waals surface area contributed by atoms with Crippen molar-refractivity contribution in [3.63, 3.8) is 0 Å². The zero-order chi connectivity index (χ0) is 17.3.